The number of carbonyl (C=O) groups is 1. The van der Waals surface area contributed by atoms with Crippen molar-refractivity contribution in [3.8, 4) is 0 Å². The molecule has 0 fully saturated rings. The molecule has 2 rings (SSSR count). The van der Waals surface area contributed by atoms with Crippen LogP contribution >= 0.6 is 0 Å². The summed E-state index contributed by atoms with van der Waals surface area (Å²) in [5, 5.41) is 6.62. The lowest BCUT2D eigenvalue weighted by Gasteiger charge is -2.21. The number of rotatable bonds is 6. The number of sulfonamides is 1. The van der Waals surface area contributed by atoms with Gasteiger partial charge in [-0.05, 0) is 52.0 Å². The molecule has 1 amide bonds. The summed E-state index contributed by atoms with van der Waals surface area (Å²) in [6.07, 6.45) is 0. The first-order chi connectivity index (χ1) is 11.6. The number of amides is 1. The quantitative estimate of drug-likeness (QED) is 0.847. The van der Waals surface area contributed by atoms with Gasteiger partial charge in [-0.25, -0.2) is 8.42 Å². The Hall–Kier alpha value is -2.19. The van der Waals surface area contributed by atoms with Gasteiger partial charge in [-0.3, -0.25) is 4.79 Å². The number of hydrogen-bond donors (Lipinski definition) is 1. The van der Waals surface area contributed by atoms with Crippen molar-refractivity contribution in [1.29, 1.82) is 0 Å². The van der Waals surface area contributed by atoms with Gasteiger partial charge in [0.2, 0.25) is 10.0 Å². The highest BCUT2D eigenvalue weighted by atomic mass is 32.2. The monoisotopic (exact) mass is 365 g/mol. The zero-order valence-electron chi connectivity index (χ0n) is 15.0. The maximum absolute atomic E-state index is 12.4. The van der Waals surface area contributed by atoms with Gasteiger partial charge in [0, 0.05) is 30.8 Å². The summed E-state index contributed by atoms with van der Waals surface area (Å²) in [6, 6.07) is 5.74. The molecule has 0 aliphatic carbocycles. The molecule has 1 aromatic heterocycles. The van der Waals surface area contributed by atoms with Crippen molar-refractivity contribution in [1.82, 2.24) is 14.8 Å². The van der Waals surface area contributed by atoms with Crippen molar-refractivity contribution >= 4 is 15.9 Å². The van der Waals surface area contributed by atoms with E-state index >= 15 is 0 Å². The van der Waals surface area contributed by atoms with Crippen LogP contribution in [0.3, 0.4) is 0 Å². The molecule has 1 heterocycles. The second-order valence-corrected chi connectivity index (χ2v) is 8.12. The highest BCUT2D eigenvalue weighted by molar-refractivity contribution is 7.89. The van der Waals surface area contributed by atoms with E-state index in [0.717, 1.165) is 11.3 Å². The Morgan fingerprint density at radius 3 is 2.32 bits per heavy atom. The second kappa shape index (κ2) is 7.37. The molecule has 2 aromatic rings. The minimum Gasteiger partial charge on any atom is -0.361 e. The van der Waals surface area contributed by atoms with Gasteiger partial charge in [-0.15, -0.1) is 0 Å². The molecule has 8 heteroatoms. The third-order valence-electron chi connectivity index (χ3n) is 4.13. The van der Waals surface area contributed by atoms with Gasteiger partial charge < -0.3 is 9.84 Å². The number of aromatic nitrogens is 1. The minimum atomic E-state index is -3.56. The van der Waals surface area contributed by atoms with Crippen LogP contribution in [0.5, 0.6) is 0 Å². The predicted molar refractivity (Wildman–Crippen MR) is 93.7 cm³/mol. The van der Waals surface area contributed by atoms with Crippen molar-refractivity contribution in [2.45, 2.75) is 45.2 Å². The Kier molecular flexibility index (Phi) is 5.64. The van der Waals surface area contributed by atoms with Gasteiger partial charge >= 0.3 is 0 Å². The molecule has 0 saturated carbocycles. The minimum absolute atomic E-state index is 0.150. The summed E-state index contributed by atoms with van der Waals surface area (Å²) >= 11 is 0. The van der Waals surface area contributed by atoms with Gasteiger partial charge in [-0.1, -0.05) is 5.16 Å². The molecular formula is C17H23N3O4S. The molecule has 1 N–H and O–H groups in total. The molecule has 0 saturated heterocycles. The van der Waals surface area contributed by atoms with E-state index in [1.807, 2.05) is 6.92 Å². The number of hydrogen-bond acceptors (Lipinski definition) is 5. The summed E-state index contributed by atoms with van der Waals surface area (Å²) in [7, 11) is -2.03. The van der Waals surface area contributed by atoms with Crippen molar-refractivity contribution in [2.24, 2.45) is 0 Å². The van der Waals surface area contributed by atoms with Gasteiger partial charge in [0.05, 0.1) is 10.6 Å². The van der Waals surface area contributed by atoms with Gasteiger partial charge in [0.15, 0.2) is 0 Å². The van der Waals surface area contributed by atoms with Gasteiger partial charge in [0.25, 0.3) is 5.91 Å². The lowest BCUT2D eigenvalue weighted by atomic mass is 10.2. The van der Waals surface area contributed by atoms with E-state index in [-0.39, 0.29) is 16.8 Å². The molecule has 0 radical (unpaired) electrons. The van der Waals surface area contributed by atoms with Crippen molar-refractivity contribution in [3.05, 3.63) is 46.8 Å². The van der Waals surface area contributed by atoms with Crippen LogP contribution in [0.2, 0.25) is 0 Å². The standard InChI is InChI=1S/C17H23N3O4S/c1-11(2)20(5)25(22,23)15-8-6-14(7-9-15)17(21)18-10-16-12(3)19-24-13(16)4/h6-9,11H,10H2,1-5H3,(H,18,21). The maximum atomic E-state index is 12.4. The van der Waals surface area contributed by atoms with E-state index in [4.69, 9.17) is 4.52 Å². The third-order valence-corrected chi connectivity index (χ3v) is 6.18. The number of nitrogens with one attached hydrogen (secondary N) is 1. The predicted octanol–water partition coefficient (Wildman–Crippen LogP) is 2.25. The van der Waals surface area contributed by atoms with Crippen molar-refractivity contribution in [3.63, 3.8) is 0 Å². The zero-order valence-corrected chi connectivity index (χ0v) is 15.8. The molecule has 0 aliphatic heterocycles. The van der Waals surface area contributed by atoms with E-state index in [9.17, 15) is 13.2 Å². The first-order valence-corrected chi connectivity index (χ1v) is 9.36. The average Bonchev–Trinajstić information content (AvgIpc) is 2.90. The third kappa shape index (κ3) is 4.08. The second-order valence-electron chi connectivity index (χ2n) is 6.12. The van der Waals surface area contributed by atoms with Gasteiger partial charge in [0.1, 0.15) is 5.76 Å². The summed E-state index contributed by atoms with van der Waals surface area (Å²) in [5.74, 6) is 0.372. The Morgan fingerprint density at radius 1 is 1.24 bits per heavy atom. The van der Waals surface area contributed by atoms with Gasteiger partial charge in [-0.2, -0.15) is 4.31 Å². The Bertz CT molecular complexity index is 835. The molecule has 0 atom stereocenters. The molecule has 0 unspecified atom stereocenters. The van der Waals surface area contributed by atoms with E-state index in [1.54, 1.807) is 20.8 Å². The lowest BCUT2D eigenvalue weighted by Crippen LogP contribution is -2.33. The molecule has 7 nitrogen and oxygen atoms in total. The number of aryl methyl sites for hydroxylation is 2. The van der Waals surface area contributed by atoms with E-state index in [0.29, 0.717) is 17.9 Å². The highest BCUT2D eigenvalue weighted by Gasteiger charge is 2.23. The highest BCUT2D eigenvalue weighted by Crippen LogP contribution is 2.17. The van der Waals surface area contributed by atoms with Crippen LogP contribution in [0.1, 0.15) is 41.2 Å². The maximum Gasteiger partial charge on any atom is 0.251 e. The SMILES string of the molecule is Cc1noc(C)c1CNC(=O)c1ccc(S(=O)(=O)N(C)C(C)C)cc1. The summed E-state index contributed by atoms with van der Waals surface area (Å²) in [4.78, 5) is 12.4. The van der Waals surface area contributed by atoms with Crippen molar-refractivity contribution in [2.75, 3.05) is 7.05 Å². The Morgan fingerprint density at radius 2 is 1.84 bits per heavy atom. The first kappa shape index (κ1) is 19.1. The molecule has 0 spiro atoms. The van der Waals surface area contributed by atoms with Crippen LogP contribution in [-0.4, -0.2) is 36.9 Å². The van der Waals surface area contributed by atoms with Crippen molar-refractivity contribution < 1.29 is 17.7 Å². The van der Waals surface area contributed by atoms with E-state index in [1.165, 1.54) is 35.6 Å². The van der Waals surface area contributed by atoms with E-state index in [2.05, 4.69) is 10.5 Å². The zero-order chi connectivity index (χ0) is 18.8. The fourth-order valence-electron chi connectivity index (χ4n) is 2.25. The largest absolute Gasteiger partial charge is 0.361 e. The average molecular weight is 365 g/mol. The fraction of sp³-hybridized carbons (Fsp3) is 0.412. The normalized spacial score (nSPS) is 12.0. The van der Waals surface area contributed by atoms with Crippen LogP contribution < -0.4 is 5.32 Å². The van der Waals surface area contributed by atoms with Crippen LogP contribution in [-0.2, 0) is 16.6 Å². The van der Waals surface area contributed by atoms with Crippen LogP contribution in [0, 0.1) is 13.8 Å². The summed E-state index contributed by atoms with van der Waals surface area (Å²) in [6.45, 7) is 7.49. The smallest absolute Gasteiger partial charge is 0.251 e. The number of benzene rings is 1. The van der Waals surface area contributed by atoms with E-state index < -0.39 is 10.0 Å². The number of carbonyl (C=O) groups excluding carboxylic acids is 1. The number of nitrogens with zero attached hydrogens (tertiary/aromatic N) is 2. The molecule has 136 valence electrons. The topological polar surface area (TPSA) is 92.5 Å². The molecular weight excluding hydrogens is 342 g/mol. The lowest BCUT2D eigenvalue weighted by molar-refractivity contribution is 0.0950. The Labute approximate surface area is 148 Å². The molecule has 25 heavy (non-hydrogen) atoms. The summed E-state index contributed by atoms with van der Waals surface area (Å²) < 4.78 is 31.2. The Balaban J connectivity index is 2.10. The fourth-order valence-corrected chi connectivity index (χ4v) is 3.61. The van der Waals surface area contributed by atoms with Crippen LogP contribution in [0.15, 0.2) is 33.7 Å². The molecule has 0 aliphatic rings. The molecule has 1 aromatic carbocycles. The molecule has 0 bridgehead atoms. The van der Waals surface area contributed by atoms with Crippen LogP contribution in [0.25, 0.3) is 0 Å². The first-order valence-electron chi connectivity index (χ1n) is 7.92. The summed E-state index contributed by atoms with van der Waals surface area (Å²) in [5.41, 5.74) is 1.96. The van der Waals surface area contributed by atoms with Crippen LogP contribution in [0.4, 0.5) is 0 Å².